The van der Waals surface area contributed by atoms with E-state index in [1.807, 2.05) is 6.07 Å². The van der Waals surface area contributed by atoms with Crippen LogP contribution >= 0.6 is 0 Å². The lowest BCUT2D eigenvalue weighted by Gasteiger charge is -2.09. The first-order valence-electron chi connectivity index (χ1n) is 4.12. The van der Waals surface area contributed by atoms with Crippen molar-refractivity contribution < 1.29 is 17.9 Å². The summed E-state index contributed by atoms with van der Waals surface area (Å²) in [6, 6.07) is 6.10. The highest BCUT2D eigenvalue weighted by atomic mass is 19.4. The van der Waals surface area contributed by atoms with Crippen molar-refractivity contribution in [2.75, 3.05) is 6.61 Å². The highest BCUT2D eigenvalue weighted by Gasteiger charge is 2.28. The van der Waals surface area contributed by atoms with Crippen molar-refractivity contribution >= 4 is 0 Å². The van der Waals surface area contributed by atoms with Gasteiger partial charge < -0.3 is 4.74 Å². The quantitative estimate of drug-likeness (QED) is 0.759. The van der Waals surface area contributed by atoms with Gasteiger partial charge in [0.2, 0.25) is 0 Å². The first-order valence-corrected chi connectivity index (χ1v) is 4.12. The smallest absolute Gasteiger partial charge is 0.422 e. The molecule has 1 rings (SSSR count). The van der Waals surface area contributed by atoms with Crippen LogP contribution < -0.4 is 4.74 Å². The summed E-state index contributed by atoms with van der Waals surface area (Å²) < 4.78 is 39.9. The molecule has 0 N–H and O–H groups in total. The van der Waals surface area contributed by atoms with E-state index in [0.29, 0.717) is 11.1 Å². The molecule has 0 aliphatic heterocycles. The molecule has 1 aromatic rings. The van der Waals surface area contributed by atoms with Gasteiger partial charge in [-0.2, -0.15) is 18.4 Å². The minimum atomic E-state index is -4.35. The number of halogens is 3. The molecular weight excluding hydrogens is 207 g/mol. The Morgan fingerprint density at radius 2 is 2.07 bits per heavy atom. The van der Waals surface area contributed by atoms with Gasteiger partial charge in [0.25, 0.3) is 0 Å². The molecule has 0 saturated carbocycles. The number of rotatable bonds is 2. The van der Waals surface area contributed by atoms with E-state index in [1.165, 1.54) is 18.2 Å². The minimum Gasteiger partial charge on any atom is -0.484 e. The lowest BCUT2D eigenvalue weighted by molar-refractivity contribution is -0.153. The summed E-state index contributed by atoms with van der Waals surface area (Å²) in [6.45, 7) is 0.317. The van der Waals surface area contributed by atoms with Crippen molar-refractivity contribution in [2.45, 2.75) is 13.1 Å². The van der Waals surface area contributed by atoms with Gasteiger partial charge in [-0.05, 0) is 30.7 Å². The van der Waals surface area contributed by atoms with E-state index in [0.717, 1.165) is 0 Å². The summed E-state index contributed by atoms with van der Waals surface area (Å²) in [5, 5.41) is 8.60. The third-order valence-corrected chi connectivity index (χ3v) is 1.72. The van der Waals surface area contributed by atoms with Crippen molar-refractivity contribution in [3.8, 4) is 11.8 Å². The molecule has 0 saturated heterocycles. The molecule has 15 heavy (non-hydrogen) atoms. The number of nitrogens with zero attached hydrogens (tertiary/aromatic N) is 1. The second-order valence-electron chi connectivity index (χ2n) is 2.99. The van der Waals surface area contributed by atoms with Gasteiger partial charge in [0.1, 0.15) is 5.75 Å². The van der Waals surface area contributed by atoms with Gasteiger partial charge in [-0.25, -0.2) is 0 Å². The van der Waals surface area contributed by atoms with Crippen molar-refractivity contribution in [2.24, 2.45) is 0 Å². The van der Waals surface area contributed by atoms with Crippen LogP contribution in [0.1, 0.15) is 11.1 Å². The van der Waals surface area contributed by atoms with E-state index < -0.39 is 12.8 Å². The highest BCUT2D eigenvalue weighted by molar-refractivity contribution is 5.41. The highest BCUT2D eigenvalue weighted by Crippen LogP contribution is 2.20. The molecule has 2 nitrogen and oxygen atoms in total. The Morgan fingerprint density at radius 1 is 1.40 bits per heavy atom. The van der Waals surface area contributed by atoms with Crippen LogP contribution in [0.4, 0.5) is 13.2 Å². The fraction of sp³-hybridized carbons (Fsp3) is 0.300. The molecule has 0 radical (unpaired) electrons. The van der Waals surface area contributed by atoms with Gasteiger partial charge in [0.05, 0.1) is 11.6 Å². The van der Waals surface area contributed by atoms with E-state index in [9.17, 15) is 13.2 Å². The topological polar surface area (TPSA) is 33.0 Å². The lowest BCUT2D eigenvalue weighted by atomic mass is 10.1. The summed E-state index contributed by atoms with van der Waals surface area (Å²) >= 11 is 0. The predicted octanol–water partition coefficient (Wildman–Crippen LogP) is 2.81. The van der Waals surface area contributed by atoms with E-state index >= 15 is 0 Å². The Bertz CT molecular complexity index is 393. The van der Waals surface area contributed by atoms with Gasteiger partial charge in [0, 0.05) is 0 Å². The van der Waals surface area contributed by atoms with Crippen LogP contribution in [0.2, 0.25) is 0 Å². The summed E-state index contributed by atoms with van der Waals surface area (Å²) in [4.78, 5) is 0. The summed E-state index contributed by atoms with van der Waals surface area (Å²) in [5.41, 5.74) is 1.02. The Balaban J connectivity index is 2.73. The SMILES string of the molecule is Cc1cc(OCC(F)(F)F)ccc1C#N. The van der Waals surface area contributed by atoms with Gasteiger partial charge in [0.15, 0.2) is 6.61 Å². The molecule has 0 atom stereocenters. The van der Waals surface area contributed by atoms with Gasteiger partial charge in [-0.3, -0.25) is 0 Å². The summed E-state index contributed by atoms with van der Waals surface area (Å²) in [6.07, 6.45) is -4.35. The molecule has 1 aromatic carbocycles. The Labute approximate surface area is 84.9 Å². The molecule has 0 heterocycles. The van der Waals surface area contributed by atoms with Crippen molar-refractivity contribution in [1.29, 1.82) is 5.26 Å². The number of nitriles is 1. The van der Waals surface area contributed by atoms with Crippen LogP contribution in [0.5, 0.6) is 5.75 Å². The standard InChI is InChI=1S/C10H8F3NO/c1-7-4-9(3-2-8(7)5-14)15-6-10(11,12)13/h2-4H,6H2,1H3. The molecule has 0 fully saturated rings. The lowest BCUT2D eigenvalue weighted by Crippen LogP contribution is -2.19. The number of hydrogen-bond acceptors (Lipinski definition) is 2. The van der Waals surface area contributed by atoms with Gasteiger partial charge >= 0.3 is 6.18 Å². The number of ether oxygens (including phenoxy) is 1. The molecule has 0 aliphatic carbocycles. The average Bonchev–Trinajstić information content (AvgIpc) is 2.14. The minimum absolute atomic E-state index is 0.115. The van der Waals surface area contributed by atoms with E-state index in [1.54, 1.807) is 6.92 Å². The Hall–Kier alpha value is -1.70. The second kappa shape index (κ2) is 4.22. The molecule has 5 heteroatoms. The third kappa shape index (κ3) is 3.50. The van der Waals surface area contributed by atoms with Crippen LogP contribution in [-0.4, -0.2) is 12.8 Å². The van der Waals surface area contributed by atoms with Crippen LogP contribution in [-0.2, 0) is 0 Å². The zero-order valence-corrected chi connectivity index (χ0v) is 7.93. The fourth-order valence-electron chi connectivity index (χ4n) is 1.02. The molecule has 0 spiro atoms. The molecule has 0 bridgehead atoms. The zero-order valence-electron chi connectivity index (χ0n) is 7.93. The molecule has 0 aliphatic rings. The van der Waals surface area contributed by atoms with E-state index in [-0.39, 0.29) is 5.75 Å². The molecule has 0 unspecified atom stereocenters. The van der Waals surface area contributed by atoms with Gasteiger partial charge in [-0.1, -0.05) is 0 Å². The van der Waals surface area contributed by atoms with E-state index in [4.69, 9.17) is 5.26 Å². The van der Waals surface area contributed by atoms with Crippen LogP contribution in [0.15, 0.2) is 18.2 Å². The number of hydrogen-bond donors (Lipinski definition) is 0. The normalized spacial score (nSPS) is 10.9. The average molecular weight is 215 g/mol. The van der Waals surface area contributed by atoms with Crippen molar-refractivity contribution in [3.05, 3.63) is 29.3 Å². The maximum Gasteiger partial charge on any atom is 0.422 e. The number of aryl methyl sites for hydroxylation is 1. The Morgan fingerprint density at radius 3 is 2.53 bits per heavy atom. The first kappa shape index (κ1) is 11.4. The predicted molar refractivity (Wildman–Crippen MR) is 47.4 cm³/mol. The number of benzene rings is 1. The third-order valence-electron chi connectivity index (χ3n) is 1.72. The van der Waals surface area contributed by atoms with Crippen molar-refractivity contribution in [1.82, 2.24) is 0 Å². The second-order valence-corrected chi connectivity index (χ2v) is 2.99. The monoisotopic (exact) mass is 215 g/mol. The fourth-order valence-corrected chi connectivity index (χ4v) is 1.02. The molecule has 80 valence electrons. The zero-order chi connectivity index (χ0) is 11.5. The van der Waals surface area contributed by atoms with Crippen molar-refractivity contribution in [3.63, 3.8) is 0 Å². The first-order chi connectivity index (χ1) is 6.92. The number of alkyl halides is 3. The molecular formula is C10H8F3NO. The molecule has 0 amide bonds. The van der Waals surface area contributed by atoms with Gasteiger partial charge in [-0.15, -0.1) is 0 Å². The Kier molecular flexibility index (Phi) is 3.20. The molecule has 0 aromatic heterocycles. The maximum absolute atomic E-state index is 11.8. The maximum atomic E-state index is 11.8. The van der Waals surface area contributed by atoms with E-state index in [2.05, 4.69) is 4.74 Å². The summed E-state index contributed by atoms with van der Waals surface area (Å²) in [5.74, 6) is 0.115. The van der Waals surface area contributed by atoms with Crippen LogP contribution in [0.3, 0.4) is 0 Å². The summed E-state index contributed by atoms with van der Waals surface area (Å²) in [7, 11) is 0. The largest absolute Gasteiger partial charge is 0.484 e. The van der Waals surface area contributed by atoms with Crippen LogP contribution in [0, 0.1) is 18.3 Å². The van der Waals surface area contributed by atoms with Crippen LogP contribution in [0.25, 0.3) is 0 Å².